The van der Waals surface area contributed by atoms with Crippen molar-refractivity contribution < 1.29 is 19.7 Å². The average Bonchev–Trinajstić information content (AvgIpc) is 2.96. The number of allylic oxidation sites excluding steroid dienone is 2. The molecule has 4 nitrogen and oxygen atoms in total. The molecule has 1 aliphatic rings. The van der Waals surface area contributed by atoms with Gasteiger partial charge in [0.2, 0.25) is 0 Å². The van der Waals surface area contributed by atoms with Crippen molar-refractivity contribution in [1.82, 2.24) is 0 Å². The molecule has 0 aromatic heterocycles. The molecular formula is C19H32O4. The molecule has 0 radical (unpaired) electrons. The molecule has 1 aliphatic heterocycles. The predicted octanol–water partition coefficient (Wildman–Crippen LogP) is 3.95. The number of hydrogen-bond acceptors (Lipinski definition) is 3. The Morgan fingerprint density at radius 1 is 1.26 bits per heavy atom. The van der Waals surface area contributed by atoms with E-state index in [-0.39, 0.29) is 12.5 Å². The summed E-state index contributed by atoms with van der Waals surface area (Å²) in [5.74, 6) is 0.106. The Balaban J connectivity index is 2.24. The van der Waals surface area contributed by atoms with Crippen LogP contribution in [0.4, 0.5) is 0 Å². The molecule has 1 heterocycles. The molecule has 23 heavy (non-hydrogen) atoms. The average molecular weight is 324 g/mol. The normalized spacial score (nSPS) is 23.0. The molecule has 0 saturated carbocycles. The Morgan fingerprint density at radius 3 is 2.83 bits per heavy atom. The third-order valence-electron chi connectivity index (χ3n) is 4.30. The second kappa shape index (κ2) is 12.3. The summed E-state index contributed by atoms with van der Waals surface area (Å²) in [6, 6.07) is 0. The minimum atomic E-state index is -0.731. The summed E-state index contributed by atoms with van der Waals surface area (Å²) >= 11 is 0. The fourth-order valence-electron chi connectivity index (χ4n) is 2.80. The van der Waals surface area contributed by atoms with Crippen LogP contribution in [0.5, 0.6) is 0 Å². The lowest BCUT2D eigenvalue weighted by Gasteiger charge is -2.12. The van der Waals surface area contributed by atoms with Gasteiger partial charge in [-0.15, -0.1) is 0 Å². The Morgan fingerprint density at radius 2 is 2.09 bits per heavy atom. The van der Waals surface area contributed by atoms with Crippen molar-refractivity contribution >= 4 is 5.97 Å². The Labute approximate surface area is 140 Å². The third-order valence-corrected chi connectivity index (χ3v) is 4.30. The summed E-state index contributed by atoms with van der Waals surface area (Å²) in [6.45, 7) is 3.66. The number of aliphatic hydroxyl groups is 1. The molecule has 0 aromatic carbocycles. The topological polar surface area (TPSA) is 66.8 Å². The van der Waals surface area contributed by atoms with E-state index in [2.05, 4.69) is 25.2 Å². The second-order valence-corrected chi connectivity index (χ2v) is 6.40. The fraction of sp³-hybridized carbons (Fsp3) is 0.737. The first-order chi connectivity index (χ1) is 11.1. The zero-order valence-electron chi connectivity index (χ0n) is 14.3. The highest BCUT2D eigenvalue weighted by atomic mass is 16.5. The molecule has 0 spiro atoms. The molecule has 0 aliphatic carbocycles. The maximum Gasteiger partial charge on any atom is 0.303 e. The van der Waals surface area contributed by atoms with Gasteiger partial charge in [0.25, 0.3) is 0 Å². The van der Waals surface area contributed by atoms with Crippen LogP contribution in [0, 0.1) is 11.8 Å². The van der Waals surface area contributed by atoms with Gasteiger partial charge in [-0.1, -0.05) is 50.5 Å². The first-order valence-corrected chi connectivity index (χ1v) is 8.94. The number of carbonyl (C=O) groups is 1. The minimum Gasteiger partial charge on any atom is -0.481 e. The van der Waals surface area contributed by atoms with Crippen LogP contribution in [0.3, 0.4) is 0 Å². The highest BCUT2D eigenvalue weighted by molar-refractivity contribution is 5.66. The molecule has 4 heteroatoms. The number of aliphatic carboxylic acids is 1. The minimum absolute atomic E-state index is 0.234. The molecule has 1 unspecified atom stereocenters. The highest BCUT2D eigenvalue weighted by Gasteiger charge is 2.24. The highest BCUT2D eigenvalue weighted by Crippen LogP contribution is 2.26. The van der Waals surface area contributed by atoms with Crippen LogP contribution in [-0.4, -0.2) is 35.5 Å². The number of hydrogen-bond donors (Lipinski definition) is 2. The summed E-state index contributed by atoms with van der Waals surface area (Å²) < 4.78 is 5.57. The van der Waals surface area contributed by atoms with Crippen LogP contribution < -0.4 is 0 Å². The quantitative estimate of drug-likeness (QED) is 0.421. The number of rotatable bonds is 12. The molecule has 0 bridgehead atoms. The van der Waals surface area contributed by atoms with Crippen LogP contribution >= 0.6 is 0 Å². The van der Waals surface area contributed by atoms with Crippen LogP contribution in [0.1, 0.15) is 58.3 Å². The molecule has 132 valence electrons. The van der Waals surface area contributed by atoms with Gasteiger partial charge >= 0.3 is 5.97 Å². The van der Waals surface area contributed by atoms with E-state index in [0.29, 0.717) is 18.3 Å². The van der Waals surface area contributed by atoms with Crippen molar-refractivity contribution in [2.45, 2.75) is 64.4 Å². The molecule has 0 amide bonds. The van der Waals surface area contributed by atoms with Gasteiger partial charge < -0.3 is 14.9 Å². The van der Waals surface area contributed by atoms with Gasteiger partial charge in [-0.3, -0.25) is 4.79 Å². The smallest absolute Gasteiger partial charge is 0.303 e. The number of unbranched alkanes of at least 4 members (excludes halogenated alkanes) is 3. The SMILES string of the molecule is CCCCCC(O)/C=C/[C@@H]1COC[C@@H]1C/C=C\CCCC(=O)O. The number of carboxylic acids is 1. The summed E-state index contributed by atoms with van der Waals surface area (Å²) in [4.78, 5) is 10.4. The molecule has 2 N–H and O–H groups in total. The first kappa shape index (κ1) is 19.9. The van der Waals surface area contributed by atoms with Crippen LogP contribution in [0.2, 0.25) is 0 Å². The standard InChI is InChI=1S/C19H32O4/c1-2-3-6-10-18(20)13-12-17-15-23-14-16(17)9-7-4-5-8-11-19(21)22/h4,7,12-13,16-18,20H,2-3,5-6,8-11,14-15H2,1H3,(H,21,22)/b7-4-,13-12+/t16-,17+,18?/m0/s1. The Kier molecular flexibility index (Phi) is 10.7. The van der Waals surface area contributed by atoms with E-state index in [1.54, 1.807) is 0 Å². The molecule has 0 aromatic rings. The maximum atomic E-state index is 10.4. The van der Waals surface area contributed by atoms with E-state index in [1.807, 2.05) is 6.08 Å². The van der Waals surface area contributed by atoms with Gasteiger partial charge in [0.1, 0.15) is 0 Å². The monoisotopic (exact) mass is 324 g/mol. The van der Waals surface area contributed by atoms with Crippen molar-refractivity contribution in [3.05, 3.63) is 24.3 Å². The predicted molar refractivity (Wildman–Crippen MR) is 92.3 cm³/mol. The molecule has 1 fully saturated rings. The zero-order valence-corrected chi connectivity index (χ0v) is 14.3. The van der Waals surface area contributed by atoms with Crippen LogP contribution in [0.15, 0.2) is 24.3 Å². The van der Waals surface area contributed by atoms with E-state index in [4.69, 9.17) is 9.84 Å². The lowest BCUT2D eigenvalue weighted by Crippen LogP contribution is -2.10. The summed E-state index contributed by atoms with van der Waals surface area (Å²) in [5, 5.41) is 18.5. The Hall–Kier alpha value is -1.13. The van der Waals surface area contributed by atoms with Crippen molar-refractivity contribution in [2.24, 2.45) is 11.8 Å². The van der Waals surface area contributed by atoms with E-state index in [1.165, 1.54) is 12.8 Å². The molecule has 3 atom stereocenters. The van der Waals surface area contributed by atoms with E-state index in [9.17, 15) is 9.90 Å². The maximum absolute atomic E-state index is 10.4. The fourth-order valence-corrected chi connectivity index (χ4v) is 2.80. The second-order valence-electron chi connectivity index (χ2n) is 6.40. The lowest BCUT2D eigenvalue weighted by atomic mass is 9.91. The van der Waals surface area contributed by atoms with Gasteiger partial charge in [0.15, 0.2) is 0 Å². The molecule has 1 rings (SSSR count). The third kappa shape index (κ3) is 9.57. The van der Waals surface area contributed by atoms with Gasteiger partial charge in [-0.05, 0) is 31.6 Å². The largest absolute Gasteiger partial charge is 0.481 e. The van der Waals surface area contributed by atoms with Crippen molar-refractivity contribution in [3.8, 4) is 0 Å². The number of ether oxygens (including phenoxy) is 1. The van der Waals surface area contributed by atoms with E-state index in [0.717, 1.165) is 38.9 Å². The summed E-state index contributed by atoms with van der Waals surface area (Å²) in [6.07, 6.45) is 14.9. The number of aliphatic hydroxyl groups excluding tert-OH is 1. The summed E-state index contributed by atoms with van der Waals surface area (Å²) in [7, 11) is 0. The van der Waals surface area contributed by atoms with Gasteiger partial charge in [-0.2, -0.15) is 0 Å². The van der Waals surface area contributed by atoms with Crippen LogP contribution in [-0.2, 0) is 9.53 Å². The van der Waals surface area contributed by atoms with Crippen LogP contribution in [0.25, 0.3) is 0 Å². The van der Waals surface area contributed by atoms with Crippen molar-refractivity contribution in [2.75, 3.05) is 13.2 Å². The summed E-state index contributed by atoms with van der Waals surface area (Å²) in [5.41, 5.74) is 0. The molecule has 1 saturated heterocycles. The van der Waals surface area contributed by atoms with Gasteiger partial charge in [0, 0.05) is 12.3 Å². The van der Waals surface area contributed by atoms with E-state index >= 15 is 0 Å². The van der Waals surface area contributed by atoms with Gasteiger partial charge in [0.05, 0.1) is 19.3 Å². The van der Waals surface area contributed by atoms with E-state index < -0.39 is 5.97 Å². The lowest BCUT2D eigenvalue weighted by molar-refractivity contribution is -0.137. The Bertz CT molecular complexity index is 376. The first-order valence-electron chi connectivity index (χ1n) is 8.94. The van der Waals surface area contributed by atoms with Gasteiger partial charge in [-0.25, -0.2) is 0 Å². The van der Waals surface area contributed by atoms with Crippen molar-refractivity contribution in [3.63, 3.8) is 0 Å². The van der Waals surface area contributed by atoms with Crippen molar-refractivity contribution in [1.29, 1.82) is 0 Å². The molecular weight excluding hydrogens is 292 g/mol. The number of carboxylic acid groups (broad SMARTS) is 1. The zero-order chi connectivity index (χ0) is 16.9.